The van der Waals surface area contributed by atoms with E-state index >= 15 is 0 Å². The largest absolute Gasteiger partial charge is 0.507 e. The molecule has 2 heterocycles. The first-order valence-electron chi connectivity index (χ1n) is 10.4. The van der Waals surface area contributed by atoms with Crippen molar-refractivity contribution in [1.82, 2.24) is 4.90 Å². The van der Waals surface area contributed by atoms with Crippen molar-refractivity contribution in [3.05, 3.63) is 59.2 Å². The zero-order chi connectivity index (χ0) is 22.0. The van der Waals surface area contributed by atoms with Gasteiger partial charge in [0.15, 0.2) is 11.5 Å². The Hall–Kier alpha value is -3.48. The van der Waals surface area contributed by atoms with E-state index in [1.807, 2.05) is 6.07 Å². The Morgan fingerprint density at radius 1 is 1.13 bits per heavy atom. The number of aliphatic hydroxyl groups excluding tert-OH is 1. The van der Waals surface area contributed by atoms with Crippen molar-refractivity contribution in [2.45, 2.75) is 32.2 Å². The third-order valence-electron chi connectivity index (χ3n) is 5.60. The van der Waals surface area contributed by atoms with Crippen LogP contribution in [0.25, 0.3) is 5.76 Å². The van der Waals surface area contributed by atoms with Crippen LogP contribution in [0.4, 0.5) is 0 Å². The smallest absolute Gasteiger partial charge is 0.295 e. The van der Waals surface area contributed by atoms with Gasteiger partial charge in [0.05, 0.1) is 18.7 Å². The third kappa shape index (κ3) is 3.83. The molecule has 31 heavy (non-hydrogen) atoms. The average molecular weight is 423 g/mol. The number of ketones is 1. The fourth-order valence-corrected chi connectivity index (χ4v) is 4.00. The lowest BCUT2D eigenvalue weighted by molar-refractivity contribution is -0.139. The maximum Gasteiger partial charge on any atom is 0.295 e. The summed E-state index contributed by atoms with van der Waals surface area (Å²) in [4.78, 5) is 27.5. The highest BCUT2D eigenvalue weighted by atomic mass is 16.7. The van der Waals surface area contributed by atoms with Gasteiger partial charge in [-0.1, -0.05) is 31.9 Å². The van der Waals surface area contributed by atoms with E-state index in [4.69, 9.17) is 14.2 Å². The molecule has 0 radical (unpaired) electrons. The summed E-state index contributed by atoms with van der Waals surface area (Å²) < 4.78 is 16.1. The molecule has 7 nitrogen and oxygen atoms in total. The minimum atomic E-state index is -0.697. The summed E-state index contributed by atoms with van der Waals surface area (Å²) >= 11 is 0. The number of hydrogen-bond donors (Lipinski definition) is 1. The van der Waals surface area contributed by atoms with Crippen LogP contribution in [0.3, 0.4) is 0 Å². The van der Waals surface area contributed by atoms with Crippen LogP contribution in [0.15, 0.2) is 48.0 Å². The quantitative estimate of drug-likeness (QED) is 0.313. The van der Waals surface area contributed by atoms with Gasteiger partial charge in [-0.2, -0.15) is 0 Å². The van der Waals surface area contributed by atoms with E-state index in [2.05, 4.69) is 6.92 Å². The van der Waals surface area contributed by atoms with Crippen LogP contribution in [0.5, 0.6) is 17.2 Å². The van der Waals surface area contributed by atoms with E-state index in [-0.39, 0.29) is 18.1 Å². The molecule has 1 atom stereocenters. The number of carbonyl (C=O) groups excluding carboxylic acids is 2. The summed E-state index contributed by atoms with van der Waals surface area (Å²) in [6.45, 7) is 2.61. The maximum absolute atomic E-state index is 13.0. The molecule has 2 aliphatic rings. The Morgan fingerprint density at radius 2 is 1.94 bits per heavy atom. The van der Waals surface area contributed by atoms with E-state index in [0.717, 1.165) is 19.3 Å². The standard InChI is InChI=1S/C24H25NO6/c1-3-4-5-11-25-21(15-7-6-8-17(12-15)29-2)20(23(27)24(25)28)22(26)16-9-10-18-19(13-16)31-14-30-18/h6-10,12-13,21,26H,3-5,11,14H2,1-2H3/b22-20-. The van der Waals surface area contributed by atoms with Crippen molar-refractivity contribution in [2.75, 3.05) is 20.4 Å². The van der Waals surface area contributed by atoms with Gasteiger partial charge >= 0.3 is 0 Å². The maximum atomic E-state index is 13.0. The number of benzene rings is 2. The zero-order valence-corrected chi connectivity index (χ0v) is 17.6. The molecule has 0 aliphatic carbocycles. The van der Waals surface area contributed by atoms with Gasteiger partial charge in [-0.3, -0.25) is 9.59 Å². The molecule has 2 aromatic carbocycles. The van der Waals surface area contributed by atoms with Crippen molar-refractivity contribution >= 4 is 17.4 Å². The second-order valence-corrected chi connectivity index (χ2v) is 7.54. The van der Waals surface area contributed by atoms with E-state index in [1.54, 1.807) is 48.4 Å². The highest BCUT2D eigenvalue weighted by Gasteiger charge is 2.46. The zero-order valence-electron chi connectivity index (χ0n) is 17.6. The monoisotopic (exact) mass is 423 g/mol. The van der Waals surface area contributed by atoms with E-state index < -0.39 is 17.7 Å². The van der Waals surface area contributed by atoms with E-state index in [9.17, 15) is 14.7 Å². The van der Waals surface area contributed by atoms with Crippen LogP contribution < -0.4 is 14.2 Å². The number of nitrogens with zero attached hydrogens (tertiary/aromatic N) is 1. The van der Waals surface area contributed by atoms with Gasteiger partial charge in [0.1, 0.15) is 11.5 Å². The number of carbonyl (C=O) groups is 2. The van der Waals surface area contributed by atoms with Crippen LogP contribution in [-0.4, -0.2) is 42.1 Å². The number of amides is 1. The molecular weight excluding hydrogens is 398 g/mol. The number of unbranched alkanes of at least 4 members (excludes halogenated alkanes) is 2. The Kier molecular flexibility index (Phi) is 5.84. The normalized spacial score (nSPS) is 19.2. The second-order valence-electron chi connectivity index (χ2n) is 7.54. The van der Waals surface area contributed by atoms with Crippen molar-refractivity contribution < 1.29 is 28.9 Å². The lowest BCUT2D eigenvalue weighted by atomic mass is 9.95. The summed E-state index contributed by atoms with van der Waals surface area (Å²) in [6, 6.07) is 11.5. The van der Waals surface area contributed by atoms with Gasteiger partial charge in [0, 0.05) is 12.1 Å². The highest BCUT2D eigenvalue weighted by Crippen LogP contribution is 2.42. The molecule has 7 heteroatoms. The number of ether oxygens (including phenoxy) is 3. The van der Waals surface area contributed by atoms with Crippen LogP contribution in [0.1, 0.15) is 43.4 Å². The molecule has 2 aromatic rings. The van der Waals surface area contributed by atoms with Gasteiger partial charge in [-0.05, 0) is 42.3 Å². The molecule has 0 saturated carbocycles. The van der Waals surface area contributed by atoms with Crippen LogP contribution in [0.2, 0.25) is 0 Å². The van der Waals surface area contributed by atoms with Gasteiger partial charge in [0.25, 0.3) is 11.7 Å². The number of fused-ring (bicyclic) bond motifs is 1. The van der Waals surface area contributed by atoms with E-state index in [0.29, 0.717) is 34.9 Å². The van der Waals surface area contributed by atoms with Crippen LogP contribution >= 0.6 is 0 Å². The molecule has 1 fully saturated rings. The molecule has 0 spiro atoms. The molecule has 1 amide bonds. The second kappa shape index (κ2) is 8.71. The summed E-state index contributed by atoms with van der Waals surface area (Å²) in [5.41, 5.74) is 1.16. The first-order chi connectivity index (χ1) is 15.0. The van der Waals surface area contributed by atoms with Gasteiger partial charge < -0.3 is 24.2 Å². The van der Waals surface area contributed by atoms with Gasteiger partial charge in [-0.25, -0.2) is 0 Å². The minimum Gasteiger partial charge on any atom is -0.507 e. The van der Waals surface area contributed by atoms with Crippen molar-refractivity contribution in [2.24, 2.45) is 0 Å². The molecule has 0 aromatic heterocycles. The predicted octanol–water partition coefficient (Wildman–Crippen LogP) is 4.04. The van der Waals surface area contributed by atoms with E-state index in [1.165, 1.54) is 0 Å². The number of aliphatic hydroxyl groups is 1. The van der Waals surface area contributed by atoms with Gasteiger partial charge in [0.2, 0.25) is 6.79 Å². The summed E-state index contributed by atoms with van der Waals surface area (Å²) in [6.07, 6.45) is 2.70. The lowest BCUT2D eigenvalue weighted by Gasteiger charge is -2.25. The lowest BCUT2D eigenvalue weighted by Crippen LogP contribution is -2.30. The number of likely N-dealkylation sites (tertiary alicyclic amines) is 1. The molecule has 2 aliphatic heterocycles. The Balaban J connectivity index is 1.82. The average Bonchev–Trinajstić information content (AvgIpc) is 3.36. The molecule has 162 valence electrons. The minimum absolute atomic E-state index is 0.0635. The SMILES string of the molecule is CCCCCN1C(=O)C(=O)/C(=C(\O)c2ccc3c(c2)OCO3)C1c1cccc(OC)c1. The highest BCUT2D eigenvalue weighted by molar-refractivity contribution is 6.46. The summed E-state index contributed by atoms with van der Waals surface area (Å²) in [5.74, 6) is 0.132. The van der Waals surface area contributed by atoms with Crippen LogP contribution in [0, 0.1) is 0 Å². The predicted molar refractivity (Wildman–Crippen MR) is 114 cm³/mol. The summed E-state index contributed by atoms with van der Waals surface area (Å²) in [5, 5.41) is 11.1. The first kappa shape index (κ1) is 20.8. The Morgan fingerprint density at radius 3 is 2.71 bits per heavy atom. The fourth-order valence-electron chi connectivity index (χ4n) is 4.00. The molecular formula is C24H25NO6. The molecule has 1 unspecified atom stereocenters. The van der Waals surface area contributed by atoms with Crippen molar-refractivity contribution in [3.63, 3.8) is 0 Å². The molecule has 4 rings (SSSR count). The Bertz CT molecular complexity index is 1040. The fraction of sp³-hybridized carbons (Fsp3) is 0.333. The number of hydrogen-bond acceptors (Lipinski definition) is 6. The first-order valence-corrected chi connectivity index (χ1v) is 10.4. The third-order valence-corrected chi connectivity index (χ3v) is 5.60. The summed E-state index contributed by atoms with van der Waals surface area (Å²) in [7, 11) is 1.56. The topological polar surface area (TPSA) is 85.3 Å². The number of rotatable bonds is 7. The number of methoxy groups -OCH3 is 1. The molecule has 1 N–H and O–H groups in total. The van der Waals surface area contributed by atoms with Crippen LogP contribution in [-0.2, 0) is 9.59 Å². The molecule has 0 bridgehead atoms. The number of Topliss-reactive ketones (excluding diaryl/α,β-unsaturated/α-hetero) is 1. The Labute approximate surface area is 180 Å². The molecule has 1 saturated heterocycles. The van der Waals surface area contributed by atoms with Crippen molar-refractivity contribution in [3.8, 4) is 17.2 Å². The van der Waals surface area contributed by atoms with Crippen molar-refractivity contribution in [1.29, 1.82) is 0 Å². The van der Waals surface area contributed by atoms with Gasteiger partial charge in [-0.15, -0.1) is 0 Å².